The van der Waals surface area contributed by atoms with Crippen LogP contribution in [0.5, 0.6) is 11.5 Å². The second-order valence-electron chi connectivity index (χ2n) is 6.40. The Labute approximate surface area is 160 Å². The Hall–Kier alpha value is -3.02. The van der Waals surface area contributed by atoms with Crippen LogP contribution in [0.15, 0.2) is 36.4 Å². The summed E-state index contributed by atoms with van der Waals surface area (Å²) in [5.74, 6) is 0.834. The Balaban J connectivity index is 2.01. The van der Waals surface area contributed by atoms with Crippen LogP contribution < -0.4 is 14.8 Å². The molecule has 2 amide bonds. The molecule has 2 rings (SSSR count). The number of benzene rings is 2. The molecule has 0 saturated carbocycles. The average Bonchev–Trinajstić information content (AvgIpc) is 2.65. The molecule has 0 aliphatic carbocycles. The lowest BCUT2D eigenvalue weighted by Gasteiger charge is -2.19. The predicted octanol–water partition coefficient (Wildman–Crippen LogP) is 2.96. The smallest absolute Gasteiger partial charge is 0.243 e. The van der Waals surface area contributed by atoms with E-state index in [0.29, 0.717) is 17.1 Å². The highest BCUT2D eigenvalue weighted by atomic mass is 16.5. The Morgan fingerprint density at radius 3 is 2.48 bits per heavy atom. The van der Waals surface area contributed by atoms with Gasteiger partial charge in [0.2, 0.25) is 11.8 Å². The summed E-state index contributed by atoms with van der Waals surface area (Å²) >= 11 is 0. The van der Waals surface area contributed by atoms with Crippen LogP contribution in [0.2, 0.25) is 0 Å². The van der Waals surface area contributed by atoms with Gasteiger partial charge in [-0.3, -0.25) is 9.59 Å². The van der Waals surface area contributed by atoms with Crippen LogP contribution in [0, 0.1) is 13.8 Å². The number of methoxy groups -OCH3 is 2. The minimum absolute atomic E-state index is 0.0293. The molecule has 2 aromatic rings. The lowest BCUT2D eigenvalue weighted by molar-refractivity contribution is -0.132. The second-order valence-corrected chi connectivity index (χ2v) is 6.40. The first-order chi connectivity index (χ1) is 12.8. The summed E-state index contributed by atoms with van der Waals surface area (Å²) in [4.78, 5) is 26.3. The third kappa shape index (κ3) is 5.23. The van der Waals surface area contributed by atoms with E-state index in [1.54, 1.807) is 39.5 Å². The molecule has 0 saturated heterocycles. The summed E-state index contributed by atoms with van der Waals surface area (Å²) in [6.45, 7) is 3.91. The van der Waals surface area contributed by atoms with Gasteiger partial charge in [-0.05, 0) is 49.2 Å². The monoisotopic (exact) mass is 370 g/mol. The molecule has 0 unspecified atom stereocenters. The second kappa shape index (κ2) is 9.07. The normalized spacial score (nSPS) is 10.3. The number of anilines is 1. The molecule has 0 aliphatic rings. The molecule has 27 heavy (non-hydrogen) atoms. The quantitative estimate of drug-likeness (QED) is 0.814. The van der Waals surface area contributed by atoms with Crippen molar-refractivity contribution in [1.82, 2.24) is 4.90 Å². The molecule has 0 atom stereocenters. The van der Waals surface area contributed by atoms with E-state index in [1.807, 2.05) is 32.0 Å². The first-order valence-corrected chi connectivity index (χ1v) is 8.66. The van der Waals surface area contributed by atoms with E-state index in [9.17, 15) is 9.59 Å². The number of nitrogens with one attached hydrogen (secondary N) is 1. The van der Waals surface area contributed by atoms with Gasteiger partial charge in [-0.15, -0.1) is 0 Å². The number of rotatable bonds is 7. The van der Waals surface area contributed by atoms with E-state index < -0.39 is 0 Å². The molecule has 2 aromatic carbocycles. The molecule has 6 nitrogen and oxygen atoms in total. The van der Waals surface area contributed by atoms with Crippen molar-refractivity contribution >= 4 is 17.5 Å². The summed E-state index contributed by atoms with van der Waals surface area (Å²) in [6, 6.07) is 11.0. The van der Waals surface area contributed by atoms with Crippen LogP contribution in [-0.4, -0.2) is 44.5 Å². The van der Waals surface area contributed by atoms with Crippen LogP contribution in [0.3, 0.4) is 0 Å². The zero-order chi connectivity index (χ0) is 20.0. The van der Waals surface area contributed by atoms with Gasteiger partial charge in [0.15, 0.2) is 0 Å². The van der Waals surface area contributed by atoms with E-state index in [1.165, 1.54) is 4.90 Å². The maximum Gasteiger partial charge on any atom is 0.243 e. The van der Waals surface area contributed by atoms with E-state index in [4.69, 9.17) is 9.47 Å². The van der Waals surface area contributed by atoms with Crippen molar-refractivity contribution in [2.45, 2.75) is 20.3 Å². The fourth-order valence-corrected chi connectivity index (χ4v) is 2.70. The topological polar surface area (TPSA) is 67.9 Å². The third-order valence-electron chi connectivity index (χ3n) is 4.51. The molecule has 1 N–H and O–H groups in total. The maximum absolute atomic E-state index is 12.5. The molecule has 144 valence electrons. The lowest BCUT2D eigenvalue weighted by atomic mass is 10.1. The summed E-state index contributed by atoms with van der Waals surface area (Å²) in [5, 5.41) is 2.86. The number of hydrogen-bond acceptors (Lipinski definition) is 4. The highest BCUT2D eigenvalue weighted by molar-refractivity contribution is 5.95. The number of amides is 2. The molecular weight excluding hydrogens is 344 g/mol. The standard InChI is InChI=1S/C21H26N2O4/c1-14-7-6-8-18(15(14)2)22-20(24)13-23(3)21(25)12-16-11-17(26-4)9-10-19(16)27-5/h6-11H,12-13H2,1-5H3,(H,22,24). The molecule has 0 heterocycles. The van der Waals surface area contributed by atoms with Crippen molar-refractivity contribution in [3.8, 4) is 11.5 Å². The number of hydrogen-bond donors (Lipinski definition) is 1. The highest BCUT2D eigenvalue weighted by Crippen LogP contribution is 2.24. The fraction of sp³-hybridized carbons (Fsp3) is 0.333. The van der Waals surface area contributed by atoms with Gasteiger partial charge in [-0.2, -0.15) is 0 Å². The SMILES string of the molecule is COc1ccc(OC)c(CC(=O)N(C)CC(=O)Nc2cccc(C)c2C)c1. The number of likely N-dealkylation sites (N-methyl/N-ethyl adjacent to an activating group) is 1. The van der Waals surface area contributed by atoms with Crippen molar-refractivity contribution in [2.24, 2.45) is 0 Å². The molecule has 0 radical (unpaired) electrons. The molecular formula is C21H26N2O4. The van der Waals surface area contributed by atoms with E-state index in [0.717, 1.165) is 16.8 Å². The molecule has 0 spiro atoms. The fourth-order valence-electron chi connectivity index (χ4n) is 2.70. The van der Waals surface area contributed by atoms with Crippen molar-refractivity contribution < 1.29 is 19.1 Å². The van der Waals surface area contributed by atoms with Crippen LogP contribution >= 0.6 is 0 Å². The van der Waals surface area contributed by atoms with E-state index in [-0.39, 0.29) is 24.8 Å². The van der Waals surface area contributed by atoms with Crippen molar-refractivity contribution in [3.63, 3.8) is 0 Å². The first kappa shape index (κ1) is 20.3. The van der Waals surface area contributed by atoms with Crippen LogP contribution in [-0.2, 0) is 16.0 Å². The minimum atomic E-state index is -0.239. The van der Waals surface area contributed by atoms with Crippen LogP contribution in [0.1, 0.15) is 16.7 Å². The number of nitrogens with zero attached hydrogens (tertiary/aromatic N) is 1. The van der Waals surface area contributed by atoms with Gasteiger partial charge in [-0.25, -0.2) is 0 Å². The van der Waals surface area contributed by atoms with Gasteiger partial charge in [0.1, 0.15) is 11.5 Å². The summed E-state index contributed by atoms with van der Waals surface area (Å²) in [6.07, 6.45) is 0.119. The van der Waals surface area contributed by atoms with Crippen molar-refractivity contribution in [3.05, 3.63) is 53.1 Å². The predicted molar refractivity (Wildman–Crippen MR) is 105 cm³/mol. The summed E-state index contributed by atoms with van der Waals surface area (Å²) in [5.41, 5.74) is 3.59. The minimum Gasteiger partial charge on any atom is -0.497 e. The first-order valence-electron chi connectivity index (χ1n) is 8.66. The Kier molecular flexibility index (Phi) is 6.82. The Morgan fingerprint density at radius 2 is 1.81 bits per heavy atom. The summed E-state index contributed by atoms with van der Waals surface area (Å²) < 4.78 is 10.5. The molecule has 6 heteroatoms. The zero-order valence-electron chi connectivity index (χ0n) is 16.5. The molecule has 0 bridgehead atoms. The lowest BCUT2D eigenvalue weighted by Crippen LogP contribution is -2.36. The van der Waals surface area contributed by atoms with Gasteiger partial charge in [0.25, 0.3) is 0 Å². The van der Waals surface area contributed by atoms with E-state index >= 15 is 0 Å². The van der Waals surface area contributed by atoms with Gasteiger partial charge in [0, 0.05) is 18.3 Å². The third-order valence-corrected chi connectivity index (χ3v) is 4.51. The zero-order valence-corrected chi connectivity index (χ0v) is 16.5. The van der Waals surface area contributed by atoms with E-state index in [2.05, 4.69) is 5.32 Å². The molecule has 0 aromatic heterocycles. The molecule has 0 aliphatic heterocycles. The highest BCUT2D eigenvalue weighted by Gasteiger charge is 2.17. The molecule has 0 fully saturated rings. The Morgan fingerprint density at radius 1 is 1.07 bits per heavy atom. The maximum atomic E-state index is 12.5. The average molecular weight is 370 g/mol. The number of carbonyl (C=O) groups is 2. The van der Waals surface area contributed by atoms with Crippen LogP contribution in [0.4, 0.5) is 5.69 Å². The van der Waals surface area contributed by atoms with Gasteiger partial charge >= 0.3 is 0 Å². The van der Waals surface area contributed by atoms with Gasteiger partial charge in [0.05, 0.1) is 27.2 Å². The summed E-state index contributed by atoms with van der Waals surface area (Å²) in [7, 11) is 4.73. The largest absolute Gasteiger partial charge is 0.497 e. The van der Waals surface area contributed by atoms with Crippen LogP contribution in [0.25, 0.3) is 0 Å². The number of carbonyl (C=O) groups excluding carboxylic acids is 2. The Bertz CT molecular complexity index is 833. The van der Waals surface area contributed by atoms with Crippen molar-refractivity contribution in [1.29, 1.82) is 0 Å². The number of aryl methyl sites for hydroxylation is 1. The number of ether oxygens (including phenoxy) is 2. The van der Waals surface area contributed by atoms with Crippen molar-refractivity contribution in [2.75, 3.05) is 33.1 Å². The van der Waals surface area contributed by atoms with Gasteiger partial charge in [-0.1, -0.05) is 12.1 Å². The van der Waals surface area contributed by atoms with Gasteiger partial charge < -0.3 is 19.7 Å².